The van der Waals surface area contributed by atoms with Gasteiger partial charge >= 0.3 is 6.03 Å². The van der Waals surface area contributed by atoms with Crippen molar-refractivity contribution in [2.75, 3.05) is 39.8 Å². The van der Waals surface area contributed by atoms with Crippen molar-refractivity contribution in [1.29, 1.82) is 0 Å². The standard InChI is InChI=1S/C21H31N3O2/c1-22-13-15-23(16-14-22)20(25)24-12-11-21(26,17-7-3-2-4-8-17)18-9-5-6-10-19(18)24/h2-4,7-8,18-19,26H,5-6,9-16H2,1H3/t18-,19-,21+/m1/s1. The normalized spacial score (nSPS) is 33.0. The van der Waals surface area contributed by atoms with Crippen molar-refractivity contribution in [3.05, 3.63) is 35.9 Å². The minimum Gasteiger partial charge on any atom is -0.385 e. The molecule has 2 aliphatic heterocycles. The van der Waals surface area contributed by atoms with E-state index in [4.69, 9.17) is 0 Å². The van der Waals surface area contributed by atoms with Crippen LogP contribution in [0.25, 0.3) is 0 Å². The van der Waals surface area contributed by atoms with Gasteiger partial charge in [0.15, 0.2) is 0 Å². The average molecular weight is 357 g/mol. The lowest BCUT2D eigenvalue weighted by Gasteiger charge is -2.53. The highest BCUT2D eigenvalue weighted by Crippen LogP contribution is 2.47. The third-order valence-corrected chi connectivity index (χ3v) is 6.77. The van der Waals surface area contributed by atoms with Crippen molar-refractivity contribution in [3.63, 3.8) is 0 Å². The van der Waals surface area contributed by atoms with Crippen LogP contribution < -0.4 is 0 Å². The second kappa shape index (κ2) is 7.20. The third kappa shape index (κ3) is 3.12. The first kappa shape index (κ1) is 17.8. The molecule has 2 saturated heterocycles. The number of amides is 2. The summed E-state index contributed by atoms with van der Waals surface area (Å²) in [7, 11) is 2.11. The maximum absolute atomic E-state index is 13.2. The van der Waals surface area contributed by atoms with E-state index in [-0.39, 0.29) is 18.0 Å². The van der Waals surface area contributed by atoms with Crippen LogP contribution in [0.4, 0.5) is 4.79 Å². The first-order valence-electron chi connectivity index (χ1n) is 10.1. The molecule has 0 bridgehead atoms. The number of likely N-dealkylation sites (tertiary alicyclic amines) is 1. The topological polar surface area (TPSA) is 47.0 Å². The zero-order valence-corrected chi connectivity index (χ0v) is 15.8. The molecule has 2 amide bonds. The van der Waals surface area contributed by atoms with Gasteiger partial charge in [0.25, 0.3) is 0 Å². The quantitative estimate of drug-likeness (QED) is 0.840. The molecule has 1 aromatic carbocycles. The van der Waals surface area contributed by atoms with Gasteiger partial charge in [0.05, 0.1) is 5.60 Å². The van der Waals surface area contributed by atoms with Crippen LogP contribution in [0.5, 0.6) is 0 Å². The highest BCUT2D eigenvalue weighted by molar-refractivity contribution is 5.75. The molecule has 3 atom stereocenters. The minimum atomic E-state index is -0.800. The Morgan fingerprint density at radius 1 is 1.04 bits per heavy atom. The summed E-state index contributed by atoms with van der Waals surface area (Å²) in [4.78, 5) is 19.6. The van der Waals surface area contributed by atoms with Crippen LogP contribution in [0.2, 0.25) is 0 Å². The van der Waals surface area contributed by atoms with Gasteiger partial charge in [-0.3, -0.25) is 0 Å². The number of urea groups is 1. The highest BCUT2D eigenvalue weighted by atomic mass is 16.3. The maximum Gasteiger partial charge on any atom is 0.320 e. The second-order valence-electron chi connectivity index (χ2n) is 8.26. The number of carbonyl (C=O) groups is 1. The first-order valence-corrected chi connectivity index (χ1v) is 10.1. The van der Waals surface area contributed by atoms with Crippen molar-refractivity contribution >= 4 is 6.03 Å². The van der Waals surface area contributed by atoms with E-state index in [1.54, 1.807) is 0 Å². The van der Waals surface area contributed by atoms with E-state index < -0.39 is 5.60 Å². The van der Waals surface area contributed by atoms with Gasteiger partial charge in [0.1, 0.15) is 0 Å². The van der Waals surface area contributed by atoms with Crippen molar-refractivity contribution in [3.8, 4) is 0 Å². The van der Waals surface area contributed by atoms with Gasteiger partial charge in [-0.05, 0) is 31.9 Å². The molecule has 1 saturated carbocycles. The SMILES string of the molecule is CN1CCN(C(=O)N2CC[C@](O)(c3ccccc3)[C@@H]3CCCC[C@H]32)CC1. The summed E-state index contributed by atoms with van der Waals surface area (Å²) in [5, 5.41) is 11.6. The Balaban J connectivity index is 1.56. The van der Waals surface area contributed by atoms with Crippen LogP contribution in [0.1, 0.15) is 37.7 Å². The number of benzene rings is 1. The van der Waals surface area contributed by atoms with Crippen LogP contribution >= 0.6 is 0 Å². The molecule has 0 unspecified atom stereocenters. The number of piperazine rings is 1. The van der Waals surface area contributed by atoms with Crippen molar-refractivity contribution in [2.45, 2.75) is 43.7 Å². The van der Waals surface area contributed by atoms with Crippen LogP contribution in [0.15, 0.2) is 30.3 Å². The lowest BCUT2D eigenvalue weighted by atomic mass is 9.66. The Bertz CT molecular complexity index is 629. The number of hydrogen-bond acceptors (Lipinski definition) is 3. The molecular weight excluding hydrogens is 326 g/mol. The average Bonchev–Trinajstić information content (AvgIpc) is 2.69. The zero-order valence-electron chi connectivity index (χ0n) is 15.8. The zero-order chi connectivity index (χ0) is 18.1. The molecule has 1 aromatic rings. The van der Waals surface area contributed by atoms with Crippen LogP contribution in [0.3, 0.4) is 0 Å². The van der Waals surface area contributed by atoms with E-state index in [0.717, 1.165) is 57.4 Å². The van der Waals surface area contributed by atoms with Gasteiger partial charge in [0.2, 0.25) is 0 Å². The molecule has 0 aromatic heterocycles. The smallest absolute Gasteiger partial charge is 0.320 e. The fraction of sp³-hybridized carbons (Fsp3) is 0.667. The summed E-state index contributed by atoms with van der Waals surface area (Å²) in [6, 6.07) is 10.4. The van der Waals surface area contributed by atoms with E-state index >= 15 is 0 Å². The summed E-state index contributed by atoms with van der Waals surface area (Å²) in [6.45, 7) is 4.17. The van der Waals surface area contributed by atoms with E-state index in [1.807, 2.05) is 35.2 Å². The van der Waals surface area contributed by atoms with E-state index in [0.29, 0.717) is 13.0 Å². The van der Waals surface area contributed by atoms with Crippen LogP contribution in [0, 0.1) is 5.92 Å². The number of likely N-dealkylation sites (N-methyl/N-ethyl adjacent to an activating group) is 1. The predicted molar refractivity (Wildman–Crippen MR) is 102 cm³/mol. The number of rotatable bonds is 1. The lowest BCUT2D eigenvalue weighted by Crippen LogP contribution is -2.62. The van der Waals surface area contributed by atoms with Crippen LogP contribution in [-0.4, -0.2) is 71.7 Å². The fourth-order valence-electron chi connectivity index (χ4n) is 5.19. The number of piperidine rings is 1. The summed E-state index contributed by atoms with van der Waals surface area (Å²) < 4.78 is 0. The Hall–Kier alpha value is -1.59. The summed E-state index contributed by atoms with van der Waals surface area (Å²) in [5.41, 5.74) is 0.217. The monoisotopic (exact) mass is 357 g/mol. The van der Waals surface area contributed by atoms with Crippen molar-refractivity contribution in [2.24, 2.45) is 5.92 Å². The molecule has 1 aliphatic carbocycles. The van der Waals surface area contributed by atoms with Gasteiger partial charge < -0.3 is 19.8 Å². The van der Waals surface area contributed by atoms with Gasteiger partial charge in [-0.2, -0.15) is 0 Å². The number of carbonyl (C=O) groups excluding carboxylic acids is 1. The molecule has 5 nitrogen and oxygen atoms in total. The Morgan fingerprint density at radius 3 is 2.46 bits per heavy atom. The second-order valence-corrected chi connectivity index (χ2v) is 8.26. The Morgan fingerprint density at radius 2 is 1.73 bits per heavy atom. The molecule has 0 radical (unpaired) electrons. The minimum absolute atomic E-state index is 0.142. The summed E-state index contributed by atoms with van der Waals surface area (Å²) >= 11 is 0. The third-order valence-electron chi connectivity index (χ3n) is 6.77. The van der Waals surface area contributed by atoms with Gasteiger partial charge in [0, 0.05) is 44.7 Å². The summed E-state index contributed by atoms with van der Waals surface area (Å²) in [6.07, 6.45) is 4.95. The largest absolute Gasteiger partial charge is 0.385 e. The number of nitrogens with zero attached hydrogens (tertiary/aromatic N) is 3. The van der Waals surface area contributed by atoms with E-state index in [1.165, 1.54) is 0 Å². The summed E-state index contributed by atoms with van der Waals surface area (Å²) in [5.74, 6) is 0.142. The van der Waals surface area contributed by atoms with E-state index in [2.05, 4.69) is 16.8 Å². The predicted octanol–water partition coefficient (Wildman–Crippen LogP) is 2.51. The molecular formula is C21H31N3O2. The van der Waals surface area contributed by atoms with Crippen LogP contribution in [-0.2, 0) is 5.60 Å². The lowest BCUT2D eigenvalue weighted by molar-refractivity contribution is -0.111. The molecule has 0 spiro atoms. The molecule has 1 N–H and O–H groups in total. The molecule has 3 fully saturated rings. The van der Waals surface area contributed by atoms with Crippen molar-refractivity contribution < 1.29 is 9.90 Å². The van der Waals surface area contributed by atoms with E-state index in [9.17, 15) is 9.90 Å². The molecule has 4 rings (SSSR count). The number of hydrogen-bond donors (Lipinski definition) is 1. The van der Waals surface area contributed by atoms with Gasteiger partial charge in [-0.15, -0.1) is 0 Å². The highest BCUT2D eigenvalue weighted by Gasteiger charge is 2.50. The Kier molecular flexibility index (Phi) is 4.93. The van der Waals surface area contributed by atoms with Gasteiger partial charge in [-0.1, -0.05) is 43.2 Å². The maximum atomic E-state index is 13.2. The van der Waals surface area contributed by atoms with Crippen molar-refractivity contribution in [1.82, 2.24) is 14.7 Å². The Labute approximate surface area is 156 Å². The molecule has 5 heteroatoms. The number of aliphatic hydroxyl groups is 1. The first-order chi connectivity index (χ1) is 12.6. The molecule has 3 aliphatic rings. The molecule has 2 heterocycles. The fourth-order valence-corrected chi connectivity index (χ4v) is 5.19. The molecule has 26 heavy (non-hydrogen) atoms. The van der Waals surface area contributed by atoms with Gasteiger partial charge in [-0.25, -0.2) is 4.79 Å². The number of fused-ring (bicyclic) bond motifs is 1. The molecule has 142 valence electrons.